The number of rotatable bonds is 12. The zero-order chi connectivity index (χ0) is 36.5. The SMILES string of the molecule is O=C(Nc1ccc(SC(C(=O)Nc2nc(-c3cccc([N+](=O)[O-])c3)cs2)c2ccccc2)cc1)/C(=C/c1cccc(Cl)c1)NC(=O)c1ccccc1. The first-order chi connectivity index (χ1) is 25.2. The summed E-state index contributed by atoms with van der Waals surface area (Å²) in [6, 6.07) is 37.9. The number of hydrogen-bond donors (Lipinski definition) is 3. The minimum atomic E-state index is -0.660. The van der Waals surface area contributed by atoms with Crippen molar-refractivity contribution in [1.82, 2.24) is 10.3 Å². The lowest BCUT2D eigenvalue weighted by Crippen LogP contribution is -2.30. The van der Waals surface area contributed by atoms with Crippen molar-refractivity contribution in [2.45, 2.75) is 10.1 Å². The molecule has 10 nitrogen and oxygen atoms in total. The summed E-state index contributed by atoms with van der Waals surface area (Å²) in [6.07, 6.45) is 1.55. The molecule has 52 heavy (non-hydrogen) atoms. The Labute approximate surface area is 311 Å². The summed E-state index contributed by atoms with van der Waals surface area (Å²) in [7, 11) is 0. The molecule has 3 N–H and O–H groups in total. The maximum absolute atomic E-state index is 13.7. The third-order valence-electron chi connectivity index (χ3n) is 7.48. The number of carbonyl (C=O) groups is 3. The summed E-state index contributed by atoms with van der Waals surface area (Å²) in [6.45, 7) is 0. The first kappa shape index (κ1) is 35.7. The first-order valence-corrected chi connectivity index (χ1v) is 17.8. The Bertz CT molecular complexity index is 2260. The summed E-state index contributed by atoms with van der Waals surface area (Å²) < 4.78 is 0. The zero-order valence-electron chi connectivity index (χ0n) is 27.1. The Kier molecular flexibility index (Phi) is 11.5. The second-order valence-electron chi connectivity index (χ2n) is 11.2. The Hall–Kier alpha value is -6.08. The lowest BCUT2D eigenvalue weighted by Gasteiger charge is -2.17. The Morgan fingerprint density at radius 2 is 1.54 bits per heavy atom. The van der Waals surface area contributed by atoms with E-state index in [1.165, 1.54) is 35.2 Å². The van der Waals surface area contributed by atoms with E-state index in [2.05, 4.69) is 20.9 Å². The zero-order valence-corrected chi connectivity index (χ0v) is 29.5. The average molecular weight is 746 g/mol. The normalized spacial score (nSPS) is 11.7. The number of hydrogen-bond acceptors (Lipinski definition) is 8. The number of anilines is 2. The van der Waals surface area contributed by atoms with E-state index in [-0.39, 0.29) is 17.3 Å². The van der Waals surface area contributed by atoms with Gasteiger partial charge in [0.05, 0.1) is 10.6 Å². The van der Waals surface area contributed by atoms with Gasteiger partial charge in [-0.1, -0.05) is 84.4 Å². The van der Waals surface area contributed by atoms with Crippen molar-refractivity contribution < 1.29 is 19.3 Å². The molecule has 0 aliphatic carbocycles. The van der Waals surface area contributed by atoms with Crippen molar-refractivity contribution in [2.24, 2.45) is 0 Å². The van der Waals surface area contributed by atoms with Crippen LogP contribution in [0.2, 0.25) is 5.02 Å². The van der Waals surface area contributed by atoms with E-state index in [4.69, 9.17) is 11.6 Å². The summed E-state index contributed by atoms with van der Waals surface area (Å²) in [5.41, 5.74) is 3.30. The number of carbonyl (C=O) groups excluding carboxylic acids is 3. The minimum absolute atomic E-state index is 0.0196. The standard InChI is InChI=1S/C39H28ClN5O5S2/c40-29-15-7-9-25(21-29)22-33(42-36(46)27-12-5-2-6-13-27)37(47)41-30-17-19-32(20-18-30)52-35(26-10-3-1-4-11-26)38(48)44-39-43-34(24-51-39)28-14-8-16-31(23-28)45(49)50/h1-24,35H,(H,41,47)(H,42,46)(H,43,44,48)/b33-22-. The molecule has 0 saturated heterocycles. The third-order valence-corrected chi connectivity index (χ3v) is 9.74. The number of nitro groups is 1. The number of nitrogens with zero attached hydrogens (tertiary/aromatic N) is 2. The molecule has 6 rings (SSSR count). The molecule has 1 heterocycles. The van der Waals surface area contributed by atoms with Gasteiger partial charge in [-0.2, -0.15) is 0 Å². The van der Waals surface area contributed by atoms with Crippen molar-refractivity contribution in [1.29, 1.82) is 0 Å². The van der Waals surface area contributed by atoms with E-state index < -0.39 is 22.0 Å². The molecule has 6 aromatic rings. The van der Waals surface area contributed by atoms with Crippen LogP contribution in [0.25, 0.3) is 17.3 Å². The maximum Gasteiger partial charge on any atom is 0.272 e. The highest BCUT2D eigenvalue weighted by Gasteiger charge is 2.24. The van der Waals surface area contributed by atoms with Crippen molar-refractivity contribution >= 4 is 75.0 Å². The number of nitrogens with one attached hydrogen (secondary N) is 3. The molecule has 0 fully saturated rings. The lowest BCUT2D eigenvalue weighted by atomic mass is 10.1. The van der Waals surface area contributed by atoms with Crippen LogP contribution >= 0.6 is 34.7 Å². The Balaban J connectivity index is 1.17. The predicted molar refractivity (Wildman–Crippen MR) is 206 cm³/mol. The third kappa shape index (κ3) is 9.37. The molecule has 258 valence electrons. The fourth-order valence-electron chi connectivity index (χ4n) is 4.97. The van der Waals surface area contributed by atoms with Gasteiger partial charge in [0.25, 0.3) is 17.5 Å². The molecule has 0 bridgehead atoms. The number of nitro benzene ring substituents is 1. The highest BCUT2D eigenvalue weighted by Crippen LogP contribution is 2.37. The molecule has 1 unspecified atom stereocenters. The van der Waals surface area contributed by atoms with Crippen LogP contribution in [-0.4, -0.2) is 27.6 Å². The molecule has 13 heteroatoms. The number of aromatic nitrogens is 1. The molecular weight excluding hydrogens is 718 g/mol. The number of thioether (sulfide) groups is 1. The lowest BCUT2D eigenvalue weighted by molar-refractivity contribution is -0.384. The first-order valence-electron chi connectivity index (χ1n) is 15.7. The van der Waals surface area contributed by atoms with E-state index in [1.54, 1.807) is 102 Å². The van der Waals surface area contributed by atoms with Crippen LogP contribution in [0.4, 0.5) is 16.5 Å². The predicted octanol–water partition coefficient (Wildman–Crippen LogP) is 9.25. The number of thiazole rings is 1. The van der Waals surface area contributed by atoms with Crippen LogP contribution in [0.1, 0.15) is 26.7 Å². The molecule has 0 aliphatic heterocycles. The molecule has 0 radical (unpaired) electrons. The van der Waals surface area contributed by atoms with Gasteiger partial charge in [-0.25, -0.2) is 4.98 Å². The second kappa shape index (κ2) is 16.8. The van der Waals surface area contributed by atoms with Crippen LogP contribution in [-0.2, 0) is 9.59 Å². The van der Waals surface area contributed by atoms with Crippen LogP contribution in [0, 0.1) is 10.1 Å². The summed E-state index contributed by atoms with van der Waals surface area (Å²) in [4.78, 5) is 56.2. The van der Waals surface area contributed by atoms with E-state index >= 15 is 0 Å². The van der Waals surface area contributed by atoms with Crippen molar-refractivity contribution in [2.75, 3.05) is 10.6 Å². The second-order valence-corrected chi connectivity index (χ2v) is 13.6. The van der Waals surface area contributed by atoms with Crippen molar-refractivity contribution in [3.63, 3.8) is 0 Å². The highest BCUT2D eigenvalue weighted by atomic mass is 35.5. The Morgan fingerprint density at radius 1 is 0.827 bits per heavy atom. The van der Waals surface area contributed by atoms with Crippen molar-refractivity contribution in [3.05, 3.63) is 176 Å². The molecule has 0 spiro atoms. The molecule has 1 aromatic heterocycles. The van der Waals surface area contributed by atoms with Crippen molar-refractivity contribution in [3.8, 4) is 11.3 Å². The molecular formula is C39H28ClN5O5S2. The fraction of sp³-hybridized carbons (Fsp3) is 0.0256. The fourth-order valence-corrected chi connectivity index (χ4v) is 6.92. The largest absolute Gasteiger partial charge is 0.321 e. The molecule has 5 aromatic carbocycles. The topological polar surface area (TPSA) is 143 Å². The van der Waals surface area contributed by atoms with Gasteiger partial charge in [0.2, 0.25) is 5.91 Å². The van der Waals surface area contributed by atoms with E-state index in [1.807, 2.05) is 30.3 Å². The quantitative estimate of drug-likeness (QED) is 0.0490. The average Bonchev–Trinajstić information content (AvgIpc) is 3.63. The van der Waals surface area contributed by atoms with Gasteiger partial charge in [-0.05, 0) is 65.7 Å². The van der Waals surface area contributed by atoms with E-state index in [0.717, 1.165) is 10.5 Å². The van der Waals surface area contributed by atoms with E-state index in [0.29, 0.717) is 38.2 Å². The number of amides is 3. The molecule has 1 atom stereocenters. The highest BCUT2D eigenvalue weighted by molar-refractivity contribution is 8.00. The monoisotopic (exact) mass is 745 g/mol. The summed E-state index contributed by atoms with van der Waals surface area (Å²) in [5, 5.41) is 21.6. The van der Waals surface area contributed by atoms with Crippen LogP contribution in [0.3, 0.4) is 0 Å². The molecule has 0 saturated carbocycles. The van der Waals surface area contributed by atoms with E-state index in [9.17, 15) is 24.5 Å². The van der Waals surface area contributed by atoms with Gasteiger partial charge >= 0.3 is 0 Å². The minimum Gasteiger partial charge on any atom is -0.321 e. The number of benzene rings is 5. The Morgan fingerprint density at radius 3 is 2.25 bits per heavy atom. The number of halogens is 1. The van der Waals surface area contributed by atoms with Crippen LogP contribution in [0.15, 0.2) is 149 Å². The van der Waals surface area contributed by atoms with Gasteiger partial charge in [0.15, 0.2) is 5.13 Å². The summed E-state index contributed by atoms with van der Waals surface area (Å²) in [5.74, 6) is -1.29. The molecule has 0 aliphatic rings. The maximum atomic E-state index is 13.7. The van der Waals surface area contributed by atoms with Gasteiger partial charge in [-0.3, -0.25) is 24.5 Å². The number of non-ortho nitro benzene ring substituents is 1. The van der Waals surface area contributed by atoms with Gasteiger partial charge in [0.1, 0.15) is 10.9 Å². The summed E-state index contributed by atoms with van der Waals surface area (Å²) >= 11 is 8.70. The van der Waals surface area contributed by atoms with Gasteiger partial charge in [0, 0.05) is 44.2 Å². The van der Waals surface area contributed by atoms with Crippen LogP contribution in [0.5, 0.6) is 0 Å². The molecule has 3 amide bonds. The smallest absolute Gasteiger partial charge is 0.272 e. The van der Waals surface area contributed by atoms with Gasteiger partial charge < -0.3 is 16.0 Å². The van der Waals surface area contributed by atoms with Gasteiger partial charge in [-0.15, -0.1) is 23.1 Å². The van der Waals surface area contributed by atoms with Crippen LogP contribution < -0.4 is 16.0 Å².